The Hall–Kier alpha value is -1.64. The van der Waals surface area contributed by atoms with Gasteiger partial charge in [0.1, 0.15) is 5.82 Å². The highest BCUT2D eigenvalue weighted by Gasteiger charge is 2.29. The molecule has 4 rings (SSSR count). The molecular formula is C20H33N5O3. The SMILES string of the molecule is CC(O)CN1CCc2c(OCC3CCCN(C)C3)nc(N3CCOCC3)nc21. The molecule has 2 saturated heterocycles. The van der Waals surface area contributed by atoms with Crippen molar-refractivity contribution in [2.75, 3.05) is 75.9 Å². The number of morpholine rings is 1. The molecule has 4 heterocycles. The molecule has 2 unspecified atom stereocenters. The molecule has 0 radical (unpaired) electrons. The van der Waals surface area contributed by atoms with Crippen LogP contribution in [0.25, 0.3) is 0 Å². The number of hydrogen-bond donors (Lipinski definition) is 1. The molecular weight excluding hydrogens is 358 g/mol. The molecule has 1 aromatic rings. The van der Waals surface area contributed by atoms with Gasteiger partial charge in [0.25, 0.3) is 0 Å². The summed E-state index contributed by atoms with van der Waals surface area (Å²) in [5, 5.41) is 9.88. The maximum absolute atomic E-state index is 9.88. The molecule has 0 amide bonds. The molecule has 156 valence electrons. The molecule has 8 nitrogen and oxygen atoms in total. The summed E-state index contributed by atoms with van der Waals surface area (Å²) < 4.78 is 11.8. The lowest BCUT2D eigenvalue weighted by Gasteiger charge is -2.30. The molecule has 0 bridgehead atoms. The van der Waals surface area contributed by atoms with E-state index in [0.29, 0.717) is 32.3 Å². The fourth-order valence-corrected chi connectivity index (χ4v) is 4.40. The Morgan fingerprint density at radius 2 is 2.04 bits per heavy atom. The van der Waals surface area contributed by atoms with E-state index in [1.54, 1.807) is 0 Å². The van der Waals surface area contributed by atoms with Gasteiger partial charge in [0.2, 0.25) is 11.8 Å². The van der Waals surface area contributed by atoms with Crippen molar-refractivity contribution < 1.29 is 14.6 Å². The predicted octanol–water partition coefficient (Wildman–Crippen LogP) is 0.777. The average molecular weight is 392 g/mol. The van der Waals surface area contributed by atoms with Crippen molar-refractivity contribution in [2.24, 2.45) is 5.92 Å². The van der Waals surface area contributed by atoms with E-state index < -0.39 is 6.10 Å². The second kappa shape index (κ2) is 8.80. The van der Waals surface area contributed by atoms with E-state index in [1.807, 2.05) is 6.92 Å². The molecule has 3 aliphatic heterocycles. The Kier molecular flexibility index (Phi) is 6.18. The maximum atomic E-state index is 9.88. The van der Waals surface area contributed by atoms with Gasteiger partial charge in [-0.15, -0.1) is 0 Å². The molecule has 8 heteroatoms. The quantitative estimate of drug-likeness (QED) is 0.763. The van der Waals surface area contributed by atoms with E-state index in [0.717, 1.165) is 55.8 Å². The number of anilines is 2. The minimum Gasteiger partial charge on any atom is -0.477 e. The van der Waals surface area contributed by atoms with Crippen molar-refractivity contribution >= 4 is 11.8 Å². The average Bonchev–Trinajstić information content (AvgIpc) is 3.09. The monoisotopic (exact) mass is 391 g/mol. The summed E-state index contributed by atoms with van der Waals surface area (Å²) in [6.07, 6.45) is 2.91. The van der Waals surface area contributed by atoms with Crippen LogP contribution in [0, 0.1) is 5.92 Å². The van der Waals surface area contributed by atoms with Gasteiger partial charge < -0.3 is 29.3 Å². The van der Waals surface area contributed by atoms with Crippen LogP contribution in [0.3, 0.4) is 0 Å². The number of rotatable bonds is 6. The molecule has 0 aliphatic carbocycles. The largest absolute Gasteiger partial charge is 0.477 e. The van der Waals surface area contributed by atoms with Gasteiger partial charge in [0.05, 0.1) is 31.5 Å². The Morgan fingerprint density at radius 1 is 1.21 bits per heavy atom. The normalized spacial score (nSPS) is 24.3. The lowest BCUT2D eigenvalue weighted by Crippen LogP contribution is -2.38. The van der Waals surface area contributed by atoms with Crippen molar-refractivity contribution in [3.63, 3.8) is 0 Å². The third kappa shape index (κ3) is 4.50. The molecule has 2 fully saturated rings. The van der Waals surface area contributed by atoms with Gasteiger partial charge in [0, 0.05) is 38.6 Å². The van der Waals surface area contributed by atoms with E-state index >= 15 is 0 Å². The van der Waals surface area contributed by atoms with Crippen LogP contribution in [0.4, 0.5) is 11.8 Å². The summed E-state index contributed by atoms with van der Waals surface area (Å²) in [5.41, 5.74) is 1.09. The molecule has 1 N–H and O–H groups in total. The fourth-order valence-electron chi connectivity index (χ4n) is 4.40. The zero-order chi connectivity index (χ0) is 19.5. The van der Waals surface area contributed by atoms with E-state index in [9.17, 15) is 5.11 Å². The van der Waals surface area contributed by atoms with Crippen LogP contribution in [-0.4, -0.2) is 92.2 Å². The van der Waals surface area contributed by atoms with Crippen LogP contribution in [0.1, 0.15) is 25.3 Å². The topological polar surface area (TPSA) is 74.2 Å². The van der Waals surface area contributed by atoms with E-state index in [4.69, 9.17) is 19.4 Å². The van der Waals surface area contributed by atoms with Gasteiger partial charge in [0.15, 0.2) is 0 Å². The van der Waals surface area contributed by atoms with Crippen LogP contribution >= 0.6 is 0 Å². The minimum absolute atomic E-state index is 0.394. The Balaban J connectivity index is 1.56. The fraction of sp³-hybridized carbons (Fsp3) is 0.800. The molecule has 1 aromatic heterocycles. The van der Waals surface area contributed by atoms with Crippen LogP contribution in [-0.2, 0) is 11.2 Å². The third-order valence-electron chi connectivity index (χ3n) is 5.82. The Morgan fingerprint density at radius 3 is 2.79 bits per heavy atom. The second-order valence-electron chi connectivity index (χ2n) is 8.36. The number of nitrogens with zero attached hydrogens (tertiary/aromatic N) is 5. The third-order valence-corrected chi connectivity index (χ3v) is 5.82. The zero-order valence-electron chi connectivity index (χ0n) is 17.1. The Bertz CT molecular complexity index is 665. The van der Waals surface area contributed by atoms with Gasteiger partial charge in [-0.3, -0.25) is 0 Å². The van der Waals surface area contributed by atoms with Gasteiger partial charge in [-0.05, 0) is 39.8 Å². The number of piperidine rings is 1. The first-order chi connectivity index (χ1) is 13.6. The van der Waals surface area contributed by atoms with Crippen LogP contribution in [0.5, 0.6) is 5.88 Å². The standard InChI is InChI=1S/C20H33N5O3/c1-15(26)12-25-7-5-17-18(25)21-20(24-8-10-27-11-9-24)22-19(17)28-14-16-4-3-6-23(2)13-16/h15-16,26H,3-14H2,1-2H3. The number of fused-ring (bicyclic) bond motifs is 1. The lowest BCUT2D eigenvalue weighted by molar-refractivity contribution is 0.121. The van der Waals surface area contributed by atoms with Crippen LogP contribution in [0.2, 0.25) is 0 Å². The van der Waals surface area contributed by atoms with Gasteiger partial charge in [-0.1, -0.05) is 0 Å². The first kappa shape index (κ1) is 19.7. The molecule has 3 aliphatic rings. The van der Waals surface area contributed by atoms with Gasteiger partial charge in [-0.25, -0.2) is 0 Å². The Labute approximate surface area is 167 Å². The summed E-state index contributed by atoms with van der Waals surface area (Å²) in [6, 6.07) is 0. The second-order valence-corrected chi connectivity index (χ2v) is 8.36. The summed E-state index contributed by atoms with van der Waals surface area (Å²) >= 11 is 0. The van der Waals surface area contributed by atoms with Crippen molar-refractivity contribution in [1.29, 1.82) is 0 Å². The number of hydrogen-bond acceptors (Lipinski definition) is 8. The number of likely N-dealkylation sites (tertiary alicyclic amines) is 1. The molecule has 0 saturated carbocycles. The predicted molar refractivity (Wildman–Crippen MR) is 108 cm³/mol. The number of aromatic nitrogens is 2. The zero-order valence-corrected chi connectivity index (χ0v) is 17.1. The summed E-state index contributed by atoms with van der Waals surface area (Å²) in [7, 11) is 2.18. The number of aliphatic hydroxyl groups excluding tert-OH is 1. The highest BCUT2D eigenvalue weighted by molar-refractivity contribution is 5.59. The first-order valence-corrected chi connectivity index (χ1v) is 10.6. The highest BCUT2D eigenvalue weighted by Crippen LogP contribution is 2.35. The van der Waals surface area contributed by atoms with Gasteiger partial charge in [-0.2, -0.15) is 9.97 Å². The van der Waals surface area contributed by atoms with E-state index in [1.165, 1.54) is 19.4 Å². The summed E-state index contributed by atoms with van der Waals surface area (Å²) in [5.74, 6) is 2.92. The summed E-state index contributed by atoms with van der Waals surface area (Å²) in [6.45, 7) is 9.19. The van der Waals surface area contributed by atoms with Crippen molar-refractivity contribution in [2.45, 2.75) is 32.3 Å². The number of β-amino-alcohol motifs (C(OH)–C–C–N with tert-alkyl or cyclic N) is 1. The van der Waals surface area contributed by atoms with Crippen molar-refractivity contribution in [3.8, 4) is 5.88 Å². The number of ether oxygens (including phenoxy) is 2. The minimum atomic E-state index is -0.394. The van der Waals surface area contributed by atoms with Crippen molar-refractivity contribution in [1.82, 2.24) is 14.9 Å². The first-order valence-electron chi connectivity index (χ1n) is 10.6. The van der Waals surface area contributed by atoms with Crippen LogP contribution < -0.4 is 14.5 Å². The number of aliphatic hydroxyl groups is 1. The van der Waals surface area contributed by atoms with E-state index in [2.05, 4.69) is 21.7 Å². The van der Waals surface area contributed by atoms with Gasteiger partial charge >= 0.3 is 0 Å². The lowest BCUT2D eigenvalue weighted by atomic mass is 10.00. The molecule has 2 atom stereocenters. The van der Waals surface area contributed by atoms with Crippen molar-refractivity contribution in [3.05, 3.63) is 5.56 Å². The molecule has 28 heavy (non-hydrogen) atoms. The maximum Gasteiger partial charge on any atom is 0.230 e. The van der Waals surface area contributed by atoms with E-state index in [-0.39, 0.29) is 0 Å². The molecule has 0 spiro atoms. The van der Waals surface area contributed by atoms with Crippen LogP contribution in [0.15, 0.2) is 0 Å². The highest BCUT2D eigenvalue weighted by atomic mass is 16.5. The molecule has 0 aromatic carbocycles. The summed E-state index contributed by atoms with van der Waals surface area (Å²) in [4.78, 5) is 16.4. The smallest absolute Gasteiger partial charge is 0.230 e.